The number of carbonyl (C=O) groups is 3. The number of aliphatic carboxylic acids is 1. The van der Waals surface area contributed by atoms with E-state index in [2.05, 4.69) is 22.6 Å². The lowest BCUT2D eigenvalue weighted by atomic mass is 10.1. The second kappa shape index (κ2) is 5.78. The Kier molecular flexibility index (Phi) is 4.26. The molecule has 1 N–H and O–H groups in total. The molecule has 1 heterocycles. The number of amides is 2. The molecule has 0 spiro atoms. The van der Waals surface area contributed by atoms with Gasteiger partial charge in [0.25, 0.3) is 5.91 Å². The number of carboxylic acid groups (broad SMARTS) is 1. The number of carboxylic acids is 1. The van der Waals surface area contributed by atoms with Crippen molar-refractivity contribution >= 4 is 46.1 Å². The molecular formula is C13H13IN2O4. The summed E-state index contributed by atoms with van der Waals surface area (Å²) < 4.78 is 0.885. The molecule has 106 valence electrons. The molecule has 1 aromatic rings. The van der Waals surface area contributed by atoms with E-state index < -0.39 is 5.97 Å². The first-order valence-electron chi connectivity index (χ1n) is 5.97. The molecule has 1 aliphatic rings. The van der Waals surface area contributed by atoms with Gasteiger partial charge in [-0.05, 0) is 40.8 Å². The Hall–Kier alpha value is -1.64. The van der Waals surface area contributed by atoms with Gasteiger partial charge in [-0.2, -0.15) is 0 Å². The van der Waals surface area contributed by atoms with Crippen LogP contribution in [0.2, 0.25) is 0 Å². The number of benzene rings is 1. The molecule has 0 radical (unpaired) electrons. The molecule has 2 rings (SSSR count). The summed E-state index contributed by atoms with van der Waals surface area (Å²) in [5, 5.41) is 8.72. The van der Waals surface area contributed by atoms with Gasteiger partial charge in [0.15, 0.2) is 0 Å². The molecule has 0 aromatic heterocycles. The van der Waals surface area contributed by atoms with Crippen molar-refractivity contribution < 1.29 is 19.5 Å². The van der Waals surface area contributed by atoms with Crippen LogP contribution in [0.1, 0.15) is 16.8 Å². The van der Waals surface area contributed by atoms with Crippen molar-refractivity contribution in [3.8, 4) is 0 Å². The highest BCUT2D eigenvalue weighted by atomic mass is 127. The zero-order valence-corrected chi connectivity index (χ0v) is 13.0. The van der Waals surface area contributed by atoms with Crippen molar-refractivity contribution in [1.29, 1.82) is 0 Å². The van der Waals surface area contributed by atoms with Crippen molar-refractivity contribution in [3.05, 3.63) is 27.3 Å². The zero-order valence-electron chi connectivity index (χ0n) is 10.8. The largest absolute Gasteiger partial charge is 0.481 e. The molecule has 1 aromatic carbocycles. The summed E-state index contributed by atoms with van der Waals surface area (Å²) in [5.74, 6) is -1.54. The topological polar surface area (TPSA) is 77.9 Å². The Labute approximate surface area is 129 Å². The fourth-order valence-electron chi connectivity index (χ4n) is 2.03. The average Bonchev–Trinajstić information content (AvgIpc) is 2.48. The van der Waals surface area contributed by atoms with Gasteiger partial charge in [0.05, 0.1) is 17.7 Å². The second-order valence-electron chi connectivity index (χ2n) is 4.48. The maximum absolute atomic E-state index is 12.4. The standard InChI is InChI=1S/C13H13IN2O4/c1-15-10-3-2-8(14)6-9(10)13(20)16(7-11(15)17)5-4-12(18)19/h2-3,6H,4-5,7H2,1H3,(H,18,19). The molecule has 0 fully saturated rings. The number of rotatable bonds is 3. The lowest BCUT2D eigenvalue weighted by Gasteiger charge is -2.18. The molecule has 0 saturated heterocycles. The second-order valence-corrected chi connectivity index (χ2v) is 5.73. The molecule has 0 unspecified atom stereocenters. The number of likely N-dealkylation sites (N-methyl/N-ethyl adjacent to an activating group) is 1. The Morgan fingerprint density at radius 1 is 1.40 bits per heavy atom. The van der Waals surface area contributed by atoms with Crippen LogP contribution in [-0.4, -0.2) is 47.9 Å². The average molecular weight is 388 g/mol. The SMILES string of the molecule is CN1C(=O)CN(CCC(=O)O)C(=O)c2cc(I)ccc21. The first kappa shape index (κ1) is 14.8. The summed E-state index contributed by atoms with van der Waals surface area (Å²) >= 11 is 2.09. The first-order chi connectivity index (χ1) is 9.40. The van der Waals surface area contributed by atoms with Gasteiger partial charge in [-0.1, -0.05) is 0 Å². The van der Waals surface area contributed by atoms with E-state index in [0.717, 1.165) is 3.57 Å². The zero-order chi connectivity index (χ0) is 14.9. The van der Waals surface area contributed by atoms with Crippen LogP contribution in [0.3, 0.4) is 0 Å². The van der Waals surface area contributed by atoms with Crippen LogP contribution in [0.25, 0.3) is 0 Å². The van der Waals surface area contributed by atoms with Crippen molar-refractivity contribution in [2.45, 2.75) is 6.42 Å². The van der Waals surface area contributed by atoms with Crippen LogP contribution in [0.4, 0.5) is 5.69 Å². The molecule has 0 saturated carbocycles. The summed E-state index contributed by atoms with van der Waals surface area (Å²) in [6.07, 6.45) is -0.179. The Balaban J connectivity index is 2.39. The number of halogens is 1. The minimum atomic E-state index is -0.995. The first-order valence-corrected chi connectivity index (χ1v) is 7.05. The third-order valence-corrected chi connectivity index (χ3v) is 3.80. The normalized spacial score (nSPS) is 15.1. The Bertz CT molecular complexity index is 588. The molecule has 0 atom stereocenters. The maximum Gasteiger partial charge on any atom is 0.305 e. The molecule has 0 aliphatic carbocycles. The smallest absolute Gasteiger partial charge is 0.305 e. The van der Waals surface area contributed by atoms with Crippen LogP contribution in [0.15, 0.2) is 18.2 Å². The van der Waals surface area contributed by atoms with Crippen LogP contribution >= 0.6 is 22.6 Å². The monoisotopic (exact) mass is 388 g/mol. The van der Waals surface area contributed by atoms with Crippen LogP contribution < -0.4 is 4.90 Å². The van der Waals surface area contributed by atoms with Crippen molar-refractivity contribution in [2.75, 3.05) is 25.0 Å². The van der Waals surface area contributed by atoms with E-state index in [1.807, 2.05) is 6.07 Å². The van der Waals surface area contributed by atoms with Gasteiger partial charge in [0.1, 0.15) is 6.54 Å². The number of anilines is 1. The lowest BCUT2D eigenvalue weighted by molar-refractivity contribution is -0.137. The van der Waals surface area contributed by atoms with E-state index in [9.17, 15) is 14.4 Å². The van der Waals surface area contributed by atoms with Crippen molar-refractivity contribution in [2.24, 2.45) is 0 Å². The molecule has 6 nitrogen and oxygen atoms in total. The highest BCUT2D eigenvalue weighted by molar-refractivity contribution is 14.1. The van der Waals surface area contributed by atoms with E-state index >= 15 is 0 Å². The van der Waals surface area contributed by atoms with Gasteiger partial charge in [-0.3, -0.25) is 14.4 Å². The summed E-state index contributed by atoms with van der Waals surface area (Å²) in [7, 11) is 1.61. The number of nitrogens with zero attached hydrogens (tertiary/aromatic N) is 2. The van der Waals surface area contributed by atoms with E-state index in [4.69, 9.17) is 5.11 Å². The molecular weight excluding hydrogens is 375 g/mol. The van der Waals surface area contributed by atoms with Crippen molar-refractivity contribution in [1.82, 2.24) is 4.90 Å². The molecule has 1 aliphatic heterocycles. The third-order valence-electron chi connectivity index (χ3n) is 3.13. The van der Waals surface area contributed by atoms with Gasteiger partial charge in [-0.25, -0.2) is 0 Å². The molecule has 20 heavy (non-hydrogen) atoms. The van der Waals surface area contributed by atoms with Gasteiger partial charge in [0, 0.05) is 17.2 Å². The van der Waals surface area contributed by atoms with E-state index in [0.29, 0.717) is 11.3 Å². The third kappa shape index (κ3) is 2.92. The molecule has 7 heteroatoms. The molecule has 0 bridgehead atoms. The van der Waals surface area contributed by atoms with Gasteiger partial charge < -0.3 is 14.9 Å². The van der Waals surface area contributed by atoms with E-state index in [-0.39, 0.29) is 31.3 Å². The van der Waals surface area contributed by atoms with Crippen molar-refractivity contribution in [3.63, 3.8) is 0 Å². The van der Waals surface area contributed by atoms with E-state index in [1.165, 1.54) is 9.80 Å². The number of hydrogen-bond acceptors (Lipinski definition) is 3. The fourth-order valence-corrected chi connectivity index (χ4v) is 2.52. The predicted octanol–water partition coefficient (Wildman–Crippen LogP) is 1.18. The van der Waals surface area contributed by atoms with Crippen LogP contribution in [-0.2, 0) is 9.59 Å². The highest BCUT2D eigenvalue weighted by Gasteiger charge is 2.29. The fraction of sp³-hybridized carbons (Fsp3) is 0.308. The van der Waals surface area contributed by atoms with Gasteiger partial charge in [0.2, 0.25) is 5.91 Å². The minimum absolute atomic E-state index is 0.0264. The maximum atomic E-state index is 12.4. The summed E-state index contributed by atoms with van der Waals surface area (Å²) in [6.45, 7) is -0.0769. The number of carbonyl (C=O) groups excluding carboxylic acids is 2. The Morgan fingerprint density at radius 3 is 2.75 bits per heavy atom. The van der Waals surface area contributed by atoms with Crippen LogP contribution in [0, 0.1) is 3.57 Å². The van der Waals surface area contributed by atoms with E-state index in [1.54, 1.807) is 19.2 Å². The molecule has 2 amide bonds. The van der Waals surface area contributed by atoms with Crippen LogP contribution in [0.5, 0.6) is 0 Å². The lowest BCUT2D eigenvalue weighted by Crippen LogP contribution is -2.38. The number of fused-ring (bicyclic) bond motifs is 1. The summed E-state index contributed by atoms with van der Waals surface area (Å²) in [5.41, 5.74) is 0.980. The summed E-state index contributed by atoms with van der Waals surface area (Å²) in [4.78, 5) is 37.9. The predicted molar refractivity (Wildman–Crippen MR) is 80.7 cm³/mol. The highest BCUT2D eigenvalue weighted by Crippen LogP contribution is 2.26. The quantitative estimate of drug-likeness (QED) is 0.790. The summed E-state index contributed by atoms with van der Waals surface area (Å²) in [6, 6.07) is 5.26. The van der Waals surface area contributed by atoms with Gasteiger partial charge in [-0.15, -0.1) is 0 Å². The minimum Gasteiger partial charge on any atom is -0.481 e. The van der Waals surface area contributed by atoms with Gasteiger partial charge >= 0.3 is 5.97 Å². The number of hydrogen-bond donors (Lipinski definition) is 1. The Morgan fingerprint density at radius 2 is 2.10 bits per heavy atom.